The first-order valence-electron chi connectivity index (χ1n) is 8.24. The quantitative estimate of drug-likeness (QED) is 0.286. The molecule has 1 aromatic rings. The zero-order chi connectivity index (χ0) is 20.8. The average molecular weight is 408 g/mol. The van der Waals surface area contributed by atoms with E-state index in [1.807, 2.05) is 0 Å². The number of thiazole rings is 1. The van der Waals surface area contributed by atoms with Crippen LogP contribution in [-0.2, 0) is 11.2 Å². The molecule has 1 unspecified atom stereocenters. The van der Waals surface area contributed by atoms with Gasteiger partial charge in [-0.25, -0.2) is 9.37 Å². The number of alkyl halides is 4. The Balaban J connectivity index is 2.68. The van der Waals surface area contributed by atoms with Crippen LogP contribution in [0.2, 0.25) is 0 Å². The van der Waals surface area contributed by atoms with Crippen molar-refractivity contribution in [3.63, 3.8) is 0 Å². The molecule has 1 N–H and O–H groups in total. The smallest absolute Gasteiger partial charge is 0.315 e. The number of nitrogens with one attached hydrogen (secondary N) is 1. The molecule has 0 aliphatic heterocycles. The highest BCUT2D eigenvalue weighted by atomic mass is 32.1. The molecule has 27 heavy (non-hydrogen) atoms. The van der Waals surface area contributed by atoms with Gasteiger partial charge in [0.1, 0.15) is 17.7 Å². The van der Waals surface area contributed by atoms with E-state index < -0.39 is 24.7 Å². The summed E-state index contributed by atoms with van der Waals surface area (Å²) in [5.41, 5.74) is 1.20. The van der Waals surface area contributed by atoms with Gasteiger partial charge in [-0.2, -0.15) is 18.3 Å². The fraction of sp³-hybridized carbons (Fsp3) is 0.588. The zero-order valence-electron chi connectivity index (χ0n) is 15.7. The van der Waals surface area contributed by atoms with Crippen LogP contribution in [0, 0.1) is 12.8 Å². The maximum atomic E-state index is 13.9. The number of amides is 1. The molecule has 2 atom stereocenters. The van der Waals surface area contributed by atoms with E-state index in [2.05, 4.69) is 22.1 Å². The molecule has 0 aliphatic carbocycles. The van der Waals surface area contributed by atoms with Gasteiger partial charge in [0.15, 0.2) is 0 Å². The first-order valence-corrected chi connectivity index (χ1v) is 9.06. The second-order valence-corrected chi connectivity index (χ2v) is 7.50. The maximum absolute atomic E-state index is 13.9. The minimum absolute atomic E-state index is 0.0377. The maximum Gasteiger partial charge on any atom is 0.391 e. The number of hydrogen-bond donors (Lipinski definition) is 1. The number of aryl methyl sites for hydroxylation is 1. The lowest BCUT2D eigenvalue weighted by atomic mass is 10.0. The Morgan fingerprint density at radius 2 is 2.11 bits per heavy atom. The number of carbonyl (C=O) groups excluding carboxylic acids is 1. The molecular formula is C17H24F4N4OS. The molecule has 1 heterocycles. The molecule has 0 saturated carbocycles. The van der Waals surface area contributed by atoms with Crippen molar-refractivity contribution in [2.45, 2.75) is 46.0 Å². The van der Waals surface area contributed by atoms with Gasteiger partial charge in [0.2, 0.25) is 5.91 Å². The lowest BCUT2D eigenvalue weighted by Crippen LogP contribution is -2.26. The summed E-state index contributed by atoms with van der Waals surface area (Å²) in [7, 11) is 1.61. The summed E-state index contributed by atoms with van der Waals surface area (Å²) in [4.78, 5) is 16.2. The summed E-state index contributed by atoms with van der Waals surface area (Å²) in [5.74, 6) is -1.98. The third-order valence-electron chi connectivity index (χ3n) is 3.74. The number of halogens is 4. The summed E-state index contributed by atoms with van der Waals surface area (Å²) in [6.45, 7) is 7.69. The number of hydrazone groups is 1. The van der Waals surface area contributed by atoms with Gasteiger partial charge in [0.05, 0.1) is 16.6 Å². The van der Waals surface area contributed by atoms with Gasteiger partial charge in [-0.05, 0) is 20.3 Å². The summed E-state index contributed by atoms with van der Waals surface area (Å²) in [6, 6.07) is 0. The van der Waals surface area contributed by atoms with E-state index in [1.54, 1.807) is 20.9 Å². The molecule has 10 heteroatoms. The SMILES string of the molecule is C=NN(C)CC(=O)Nc1sc(C/C(C)=C/C(F)C[C@H](C)C(F)(F)F)nc1C. The lowest BCUT2D eigenvalue weighted by Gasteiger charge is -2.16. The fourth-order valence-electron chi connectivity index (χ4n) is 2.21. The van der Waals surface area contributed by atoms with Crippen LogP contribution in [0.5, 0.6) is 0 Å². The molecule has 1 aromatic heterocycles. The van der Waals surface area contributed by atoms with Crippen LogP contribution in [0.25, 0.3) is 0 Å². The van der Waals surface area contributed by atoms with Crippen molar-refractivity contribution in [1.82, 2.24) is 9.99 Å². The Hall–Kier alpha value is -1.97. The molecule has 0 aromatic carbocycles. The highest BCUT2D eigenvalue weighted by Crippen LogP contribution is 2.31. The van der Waals surface area contributed by atoms with Crippen LogP contribution in [0.15, 0.2) is 16.8 Å². The highest BCUT2D eigenvalue weighted by molar-refractivity contribution is 7.16. The van der Waals surface area contributed by atoms with Gasteiger partial charge < -0.3 is 5.32 Å². The van der Waals surface area contributed by atoms with Crippen molar-refractivity contribution in [3.05, 3.63) is 22.4 Å². The van der Waals surface area contributed by atoms with E-state index in [-0.39, 0.29) is 12.5 Å². The predicted octanol–water partition coefficient (Wildman–Crippen LogP) is 4.35. The van der Waals surface area contributed by atoms with Gasteiger partial charge in [0.25, 0.3) is 0 Å². The molecule has 0 radical (unpaired) electrons. The normalized spacial score (nSPS) is 14.6. The molecule has 0 saturated heterocycles. The van der Waals surface area contributed by atoms with Gasteiger partial charge in [-0.15, -0.1) is 11.3 Å². The Kier molecular flexibility index (Phi) is 8.39. The van der Waals surface area contributed by atoms with Crippen molar-refractivity contribution < 1.29 is 22.4 Å². The average Bonchev–Trinajstić information content (AvgIpc) is 2.84. The van der Waals surface area contributed by atoms with Crippen molar-refractivity contribution >= 4 is 29.0 Å². The standard InChI is InChI=1S/C17H24F4N4OS/c1-10(6-13(18)8-11(2)17(19,20)21)7-15-23-12(3)16(27-15)24-14(26)9-25(5)22-4/h6,11,13H,4,7-9H2,1-3,5H3,(H,24,26)/b10-6+/t11-,13?/m0/s1. The Morgan fingerprint density at radius 3 is 2.67 bits per heavy atom. The first kappa shape index (κ1) is 23.1. The highest BCUT2D eigenvalue weighted by Gasteiger charge is 2.36. The van der Waals surface area contributed by atoms with Crippen LogP contribution in [0.3, 0.4) is 0 Å². The third-order valence-corrected chi connectivity index (χ3v) is 4.81. The summed E-state index contributed by atoms with van der Waals surface area (Å²) in [5, 5.41) is 8.91. The molecule has 0 fully saturated rings. The number of anilines is 1. The van der Waals surface area contributed by atoms with E-state index in [9.17, 15) is 22.4 Å². The summed E-state index contributed by atoms with van der Waals surface area (Å²) >= 11 is 1.24. The van der Waals surface area contributed by atoms with Crippen LogP contribution in [0.4, 0.5) is 22.6 Å². The van der Waals surface area contributed by atoms with Crippen molar-refractivity contribution in [2.75, 3.05) is 18.9 Å². The van der Waals surface area contributed by atoms with E-state index in [1.165, 1.54) is 22.4 Å². The van der Waals surface area contributed by atoms with Gasteiger partial charge in [-0.1, -0.05) is 18.6 Å². The number of aromatic nitrogens is 1. The van der Waals surface area contributed by atoms with Crippen molar-refractivity contribution in [1.29, 1.82) is 0 Å². The minimum Gasteiger partial charge on any atom is -0.315 e. The molecule has 0 bridgehead atoms. The van der Waals surface area contributed by atoms with E-state index >= 15 is 0 Å². The number of carbonyl (C=O) groups is 1. The van der Waals surface area contributed by atoms with Gasteiger partial charge >= 0.3 is 6.18 Å². The lowest BCUT2D eigenvalue weighted by molar-refractivity contribution is -0.173. The fourth-order valence-corrected chi connectivity index (χ4v) is 3.29. The first-order chi connectivity index (χ1) is 12.4. The molecule has 1 rings (SSSR count). The zero-order valence-corrected chi connectivity index (χ0v) is 16.5. The Morgan fingerprint density at radius 1 is 1.48 bits per heavy atom. The van der Waals surface area contributed by atoms with E-state index in [0.29, 0.717) is 27.7 Å². The number of allylic oxidation sites excluding steroid dienone is 2. The van der Waals surface area contributed by atoms with Crippen LogP contribution in [0.1, 0.15) is 31.0 Å². The molecule has 1 amide bonds. The summed E-state index contributed by atoms with van der Waals surface area (Å²) in [6.07, 6.45) is -5.19. The van der Waals surface area contributed by atoms with Gasteiger partial charge in [-0.3, -0.25) is 9.80 Å². The predicted molar refractivity (Wildman–Crippen MR) is 99.9 cm³/mol. The minimum atomic E-state index is -4.40. The number of nitrogens with zero attached hydrogens (tertiary/aromatic N) is 3. The Labute approximate surface area is 160 Å². The van der Waals surface area contributed by atoms with Crippen LogP contribution >= 0.6 is 11.3 Å². The monoisotopic (exact) mass is 408 g/mol. The number of rotatable bonds is 9. The molecule has 5 nitrogen and oxygen atoms in total. The largest absolute Gasteiger partial charge is 0.391 e. The molecule has 0 aliphatic rings. The topological polar surface area (TPSA) is 57.6 Å². The van der Waals surface area contributed by atoms with E-state index in [4.69, 9.17) is 0 Å². The van der Waals surface area contributed by atoms with Crippen molar-refractivity contribution in [3.8, 4) is 0 Å². The second kappa shape index (κ2) is 9.82. The van der Waals surface area contributed by atoms with E-state index in [0.717, 1.165) is 6.92 Å². The van der Waals surface area contributed by atoms with Crippen LogP contribution in [-0.4, -0.2) is 48.6 Å². The third kappa shape index (κ3) is 8.06. The molecule has 152 valence electrons. The number of hydrogen-bond acceptors (Lipinski definition) is 5. The second-order valence-electron chi connectivity index (χ2n) is 6.41. The Bertz CT molecular complexity index is 687. The van der Waals surface area contributed by atoms with Gasteiger partial charge in [0, 0.05) is 20.2 Å². The summed E-state index contributed by atoms with van der Waals surface area (Å²) < 4.78 is 51.4. The molecular weight excluding hydrogens is 384 g/mol. The molecule has 0 spiro atoms. The van der Waals surface area contributed by atoms with Crippen molar-refractivity contribution in [2.24, 2.45) is 11.0 Å². The number of likely N-dealkylation sites (N-methyl/N-ethyl adjacent to an activating group) is 1. The van der Waals surface area contributed by atoms with Crippen LogP contribution < -0.4 is 5.32 Å².